The first-order valence-corrected chi connectivity index (χ1v) is 5.82. The monoisotopic (exact) mass is 272 g/mol. The third kappa shape index (κ3) is 2.26. The van der Waals surface area contributed by atoms with Crippen LogP contribution < -0.4 is 0 Å². The number of aliphatic hydroxyl groups is 1. The molecule has 0 bridgehead atoms. The highest BCUT2D eigenvalue weighted by molar-refractivity contribution is 9.11. The van der Waals surface area contributed by atoms with Crippen molar-refractivity contribution < 1.29 is 9.52 Å². The quantitative estimate of drug-likeness (QED) is 0.930. The molecule has 0 aromatic carbocycles. The van der Waals surface area contributed by atoms with Crippen molar-refractivity contribution in [3.05, 3.63) is 45.0 Å². The number of thiophene rings is 1. The normalized spacial score (nSPS) is 13.0. The minimum Gasteiger partial charge on any atom is -0.467 e. The molecule has 0 radical (unpaired) electrons. The fraction of sp³-hybridized carbons (Fsp3) is 0.200. The number of halogens is 1. The molecule has 4 heteroatoms. The molecule has 2 nitrogen and oxygen atoms in total. The van der Waals surface area contributed by atoms with Gasteiger partial charge in [-0.25, -0.2) is 0 Å². The van der Waals surface area contributed by atoms with Gasteiger partial charge in [-0.3, -0.25) is 0 Å². The number of aliphatic hydroxyl groups excluding tert-OH is 1. The van der Waals surface area contributed by atoms with Gasteiger partial charge in [-0.1, -0.05) is 0 Å². The maximum atomic E-state index is 9.77. The van der Waals surface area contributed by atoms with Crippen molar-refractivity contribution in [1.82, 2.24) is 0 Å². The summed E-state index contributed by atoms with van der Waals surface area (Å²) in [6, 6.07) is 7.55. The molecule has 2 aromatic heterocycles. The van der Waals surface area contributed by atoms with Crippen LogP contribution in [-0.4, -0.2) is 5.11 Å². The lowest BCUT2D eigenvalue weighted by molar-refractivity contribution is 0.151. The Morgan fingerprint density at radius 3 is 2.86 bits per heavy atom. The largest absolute Gasteiger partial charge is 0.467 e. The summed E-state index contributed by atoms with van der Waals surface area (Å²) >= 11 is 5.01. The predicted octanol–water partition coefficient (Wildman–Crippen LogP) is 3.38. The van der Waals surface area contributed by atoms with Crippen LogP contribution in [0.2, 0.25) is 0 Å². The van der Waals surface area contributed by atoms with Gasteiger partial charge in [0.2, 0.25) is 0 Å². The van der Waals surface area contributed by atoms with Crippen molar-refractivity contribution in [2.24, 2.45) is 0 Å². The maximum Gasteiger partial charge on any atom is 0.132 e. The summed E-state index contributed by atoms with van der Waals surface area (Å²) in [5.41, 5.74) is 0. The molecular formula is C10H9BrO2S. The molecule has 0 aliphatic carbocycles. The van der Waals surface area contributed by atoms with Crippen LogP contribution in [0.4, 0.5) is 0 Å². The fourth-order valence-electron chi connectivity index (χ4n) is 1.23. The van der Waals surface area contributed by atoms with Gasteiger partial charge in [0.25, 0.3) is 0 Å². The van der Waals surface area contributed by atoms with Gasteiger partial charge < -0.3 is 9.52 Å². The molecule has 74 valence electrons. The first-order chi connectivity index (χ1) is 6.75. The van der Waals surface area contributed by atoms with Crippen molar-refractivity contribution in [2.75, 3.05) is 0 Å². The van der Waals surface area contributed by atoms with Crippen molar-refractivity contribution in [3.8, 4) is 0 Å². The standard InChI is InChI=1S/C10H9BrO2S/c11-10-4-3-7(14-10)6-8(12)9-2-1-5-13-9/h1-5,8,12H,6H2. The van der Waals surface area contributed by atoms with Crippen LogP contribution in [0, 0.1) is 0 Å². The lowest BCUT2D eigenvalue weighted by Gasteiger charge is -2.04. The van der Waals surface area contributed by atoms with E-state index in [9.17, 15) is 5.11 Å². The molecule has 0 saturated heterocycles. The molecule has 2 aromatic rings. The van der Waals surface area contributed by atoms with Crippen molar-refractivity contribution >= 4 is 27.3 Å². The Labute approximate surface area is 94.3 Å². The van der Waals surface area contributed by atoms with Crippen LogP contribution in [0.15, 0.2) is 38.7 Å². The first-order valence-electron chi connectivity index (χ1n) is 4.21. The Kier molecular flexibility index (Phi) is 3.05. The summed E-state index contributed by atoms with van der Waals surface area (Å²) in [5, 5.41) is 9.77. The molecule has 0 aliphatic heterocycles. The highest BCUT2D eigenvalue weighted by Gasteiger charge is 2.12. The van der Waals surface area contributed by atoms with E-state index in [0.717, 1.165) is 8.66 Å². The van der Waals surface area contributed by atoms with E-state index in [0.29, 0.717) is 12.2 Å². The van der Waals surface area contributed by atoms with Crippen LogP contribution in [0.5, 0.6) is 0 Å². The molecule has 1 N–H and O–H groups in total. The maximum absolute atomic E-state index is 9.77. The highest BCUT2D eigenvalue weighted by atomic mass is 79.9. The second-order valence-electron chi connectivity index (χ2n) is 2.94. The summed E-state index contributed by atoms with van der Waals surface area (Å²) in [6.45, 7) is 0. The van der Waals surface area contributed by atoms with Crippen LogP contribution in [-0.2, 0) is 6.42 Å². The first kappa shape index (κ1) is 9.96. The second kappa shape index (κ2) is 4.29. The molecule has 0 spiro atoms. The Balaban J connectivity index is 2.05. The molecule has 0 saturated carbocycles. The average Bonchev–Trinajstić information content (AvgIpc) is 2.75. The summed E-state index contributed by atoms with van der Waals surface area (Å²) < 4.78 is 6.20. The molecule has 1 atom stereocenters. The Morgan fingerprint density at radius 1 is 1.43 bits per heavy atom. The van der Waals surface area contributed by atoms with E-state index in [2.05, 4.69) is 15.9 Å². The summed E-state index contributed by atoms with van der Waals surface area (Å²) in [4.78, 5) is 1.14. The number of furan rings is 1. The molecule has 0 aliphatic rings. The minimum absolute atomic E-state index is 0.546. The highest BCUT2D eigenvalue weighted by Crippen LogP contribution is 2.26. The molecule has 0 fully saturated rings. The average molecular weight is 273 g/mol. The zero-order valence-electron chi connectivity index (χ0n) is 7.31. The molecule has 0 amide bonds. The molecular weight excluding hydrogens is 264 g/mol. The number of rotatable bonds is 3. The summed E-state index contributed by atoms with van der Waals surface area (Å²) in [5.74, 6) is 0.620. The van der Waals surface area contributed by atoms with E-state index < -0.39 is 6.10 Å². The van der Waals surface area contributed by atoms with Crippen LogP contribution >= 0.6 is 27.3 Å². The molecule has 1 unspecified atom stereocenters. The van der Waals surface area contributed by atoms with E-state index in [4.69, 9.17) is 4.42 Å². The zero-order chi connectivity index (χ0) is 9.97. The van der Waals surface area contributed by atoms with Gasteiger partial charge in [0.1, 0.15) is 11.9 Å². The topological polar surface area (TPSA) is 33.4 Å². The number of hydrogen-bond acceptors (Lipinski definition) is 3. The van der Waals surface area contributed by atoms with Gasteiger partial charge in [-0.05, 0) is 40.2 Å². The van der Waals surface area contributed by atoms with Crippen LogP contribution in [0.25, 0.3) is 0 Å². The van der Waals surface area contributed by atoms with E-state index in [1.807, 2.05) is 12.1 Å². The lowest BCUT2D eigenvalue weighted by atomic mass is 10.2. The van der Waals surface area contributed by atoms with Gasteiger partial charge >= 0.3 is 0 Å². The van der Waals surface area contributed by atoms with E-state index in [-0.39, 0.29) is 0 Å². The summed E-state index contributed by atoms with van der Waals surface area (Å²) in [6.07, 6.45) is 1.63. The molecule has 14 heavy (non-hydrogen) atoms. The Morgan fingerprint density at radius 2 is 2.29 bits per heavy atom. The fourth-order valence-corrected chi connectivity index (χ4v) is 2.75. The third-order valence-electron chi connectivity index (χ3n) is 1.89. The zero-order valence-corrected chi connectivity index (χ0v) is 9.72. The van der Waals surface area contributed by atoms with Crippen molar-refractivity contribution in [1.29, 1.82) is 0 Å². The third-order valence-corrected chi connectivity index (χ3v) is 3.54. The SMILES string of the molecule is OC(Cc1ccc(Br)s1)c1ccco1. The number of hydrogen-bond donors (Lipinski definition) is 1. The predicted molar refractivity (Wildman–Crippen MR) is 59.4 cm³/mol. The lowest BCUT2D eigenvalue weighted by Crippen LogP contribution is -1.98. The van der Waals surface area contributed by atoms with E-state index in [1.165, 1.54) is 0 Å². The van der Waals surface area contributed by atoms with Gasteiger partial charge in [0.15, 0.2) is 0 Å². The Bertz CT molecular complexity index is 394. The van der Waals surface area contributed by atoms with E-state index >= 15 is 0 Å². The van der Waals surface area contributed by atoms with Crippen molar-refractivity contribution in [3.63, 3.8) is 0 Å². The smallest absolute Gasteiger partial charge is 0.132 e. The molecule has 2 rings (SSSR count). The second-order valence-corrected chi connectivity index (χ2v) is 5.49. The minimum atomic E-state index is -0.546. The van der Waals surface area contributed by atoms with Crippen LogP contribution in [0.1, 0.15) is 16.7 Å². The van der Waals surface area contributed by atoms with Crippen LogP contribution in [0.3, 0.4) is 0 Å². The van der Waals surface area contributed by atoms with Gasteiger partial charge in [0.05, 0.1) is 10.0 Å². The van der Waals surface area contributed by atoms with Gasteiger partial charge in [-0.15, -0.1) is 11.3 Å². The van der Waals surface area contributed by atoms with Gasteiger partial charge in [0, 0.05) is 11.3 Å². The van der Waals surface area contributed by atoms with Gasteiger partial charge in [-0.2, -0.15) is 0 Å². The van der Waals surface area contributed by atoms with Crippen molar-refractivity contribution in [2.45, 2.75) is 12.5 Å². The van der Waals surface area contributed by atoms with E-state index in [1.54, 1.807) is 29.7 Å². The molecule has 2 heterocycles. The summed E-state index contributed by atoms with van der Waals surface area (Å²) in [7, 11) is 0. The Hall–Kier alpha value is -0.580.